The second-order valence-electron chi connectivity index (χ2n) is 10.5. The zero-order chi connectivity index (χ0) is 34.4. The summed E-state index contributed by atoms with van der Waals surface area (Å²) in [6.07, 6.45) is 8.56. The highest BCUT2D eigenvalue weighted by atomic mass is 35.5. The van der Waals surface area contributed by atoms with Crippen LogP contribution in [0.4, 0.5) is 11.6 Å². The highest BCUT2D eigenvalue weighted by Gasteiger charge is 2.23. The minimum absolute atomic E-state index is 0.0926. The molecule has 11 heteroatoms. The number of carbonyl (C=O) groups is 1. The van der Waals surface area contributed by atoms with Gasteiger partial charge in [-0.05, 0) is 55.3 Å². The molecule has 0 saturated heterocycles. The topological polar surface area (TPSA) is 132 Å². The molecule has 1 amide bonds. The zero-order valence-electron chi connectivity index (χ0n) is 27.7. The van der Waals surface area contributed by atoms with Gasteiger partial charge >= 0.3 is 0 Å². The number of carbonyl (C=O) groups excluding carboxylic acids is 1. The van der Waals surface area contributed by atoms with Crippen LogP contribution < -0.4 is 16.4 Å². The van der Waals surface area contributed by atoms with Crippen LogP contribution in [-0.2, 0) is 10.0 Å². The first-order chi connectivity index (χ1) is 22.7. The number of rotatable bonds is 11. The summed E-state index contributed by atoms with van der Waals surface area (Å²) >= 11 is 6.54. The number of nitrogens with one attached hydrogen (secondary N) is 2. The average molecular weight is 677 g/mol. The van der Waals surface area contributed by atoms with Crippen LogP contribution >= 0.6 is 11.6 Å². The summed E-state index contributed by atoms with van der Waals surface area (Å²) in [6.45, 7) is 8.34. The predicted molar refractivity (Wildman–Crippen MR) is 194 cm³/mol. The molecule has 5 rings (SSSR count). The van der Waals surface area contributed by atoms with Gasteiger partial charge in [0.25, 0.3) is 15.9 Å². The first-order valence-electron chi connectivity index (χ1n) is 16.0. The minimum Gasteiger partial charge on any atom is -0.399 e. The number of hydrogen-bond acceptors (Lipinski definition) is 7. The third kappa shape index (κ3) is 9.56. The van der Waals surface area contributed by atoms with E-state index in [1.54, 1.807) is 80.1 Å². The number of nitrogens with zero attached hydrogens (tertiary/aromatic N) is 3. The van der Waals surface area contributed by atoms with Crippen molar-refractivity contribution < 1.29 is 13.2 Å². The Balaban J connectivity index is 0.000000389. The van der Waals surface area contributed by atoms with E-state index in [0.717, 1.165) is 37.5 Å². The third-order valence-electron chi connectivity index (χ3n) is 7.25. The summed E-state index contributed by atoms with van der Waals surface area (Å²) < 4.78 is 28.2. The van der Waals surface area contributed by atoms with Crippen molar-refractivity contribution in [1.29, 1.82) is 0 Å². The van der Waals surface area contributed by atoms with E-state index in [2.05, 4.69) is 29.5 Å². The van der Waals surface area contributed by atoms with Gasteiger partial charge in [0.1, 0.15) is 0 Å². The maximum Gasteiger partial charge on any atom is 0.268 e. The van der Waals surface area contributed by atoms with E-state index in [1.807, 2.05) is 32.0 Å². The Labute approximate surface area is 283 Å². The number of para-hydroxylation sites is 1. The minimum atomic E-state index is -3.80. The van der Waals surface area contributed by atoms with Gasteiger partial charge in [-0.2, -0.15) is 0 Å². The number of hydrogen-bond donors (Lipinski definition) is 3. The van der Waals surface area contributed by atoms with Crippen molar-refractivity contribution in [3.05, 3.63) is 102 Å². The molecule has 0 aliphatic carbocycles. The van der Waals surface area contributed by atoms with Gasteiger partial charge in [-0.1, -0.05) is 95.0 Å². The first-order valence-corrected chi connectivity index (χ1v) is 17.8. The Bertz CT molecular complexity index is 1830. The van der Waals surface area contributed by atoms with Gasteiger partial charge in [-0.15, -0.1) is 0 Å². The van der Waals surface area contributed by atoms with Gasteiger partial charge in [0.2, 0.25) is 5.95 Å². The molecule has 1 atom stereocenters. The van der Waals surface area contributed by atoms with Gasteiger partial charge in [0, 0.05) is 41.5 Å². The number of benzene rings is 3. The monoisotopic (exact) mass is 676 g/mol. The number of fused-ring (bicyclic) bond motifs is 1. The van der Waals surface area contributed by atoms with Crippen LogP contribution in [0.1, 0.15) is 70.2 Å². The Hall–Kier alpha value is -4.41. The van der Waals surface area contributed by atoms with E-state index in [0.29, 0.717) is 39.0 Å². The smallest absolute Gasteiger partial charge is 0.268 e. The van der Waals surface area contributed by atoms with Crippen molar-refractivity contribution in [3.63, 3.8) is 0 Å². The van der Waals surface area contributed by atoms with Crippen LogP contribution in [0.15, 0.2) is 96.2 Å². The van der Waals surface area contributed by atoms with Crippen LogP contribution in [0, 0.1) is 0 Å². The summed E-state index contributed by atoms with van der Waals surface area (Å²) in [5, 5.41) is 7.10. The average Bonchev–Trinajstić information content (AvgIpc) is 3.50. The van der Waals surface area contributed by atoms with Crippen molar-refractivity contribution in [2.24, 2.45) is 0 Å². The van der Waals surface area contributed by atoms with Crippen molar-refractivity contribution in [1.82, 2.24) is 19.3 Å². The van der Waals surface area contributed by atoms with Gasteiger partial charge in [-0.25, -0.2) is 22.4 Å². The molecule has 9 nitrogen and oxygen atoms in total. The fraction of sp³-hybridized carbons (Fsp3) is 0.306. The van der Waals surface area contributed by atoms with Gasteiger partial charge in [0.05, 0.1) is 27.3 Å². The molecule has 3 aromatic carbocycles. The molecule has 0 saturated carbocycles. The van der Waals surface area contributed by atoms with Crippen molar-refractivity contribution >= 4 is 50.1 Å². The number of nitrogens with two attached hydrogens (primary N) is 1. The van der Waals surface area contributed by atoms with E-state index in [1.165, 1.54) is 3.97 Å². The van der Waals surface area contributed by atoms with Crippen molar-refractivity contribution in [2.45, 2.75) is 70.7 Å². The van der Waals surface area contributed by atoms with E-state index in [4.69, 9.17) is 22.3 Å². The molecule has 0 bridgehead atoms. The van der Waals surface area contributed by atoms with Crippen LogP contribution in [0.3, 0.4) is 0 Å². The lowest BCUT2D eigenvalue weighted by Gasteiger charge is -2.18. The number of nitrogen functional groups attached to an aromatic ring is 1. The fourth-order valence-electron chi connectivity index (χ4n) is 4.92. The van der Waals surface area contributed by atoms with Gasteiger partial charge in [0.15, 0.2) is 0 Å². The summed E-state index contributed by atoms with van der Waals surface area (Å²) in [5.74, 6) is 0.404. The Morgan fingerprint density at radius 1 is 0.936 bits per heavy atom. The lowest BCUT2D eigenvalue weighted by Crippen LogP contribution is -2.20. The third-order valence-corrected chi connectivity index (χ3v) is 9.22. The van der Waals surface area contributed by atoms with Gasteiger partial charge < -0.3 is 16.4 Å². The summed E-state index contributed by atoms with van der Waals surface area (Å²) in [6, 6.07) is 22.8. The number of unbranched alkanes of at least 4 members (excludes halogenated alkanes) is 1. The molecule has 250 valence electrons. The van der Waals surface area contributed by atoms with E-state index in [-0.39, 0.29) is 16.8 Å². The normalized spacial score (nSPS) is 11.4. The molecular weight excluding hydrogens is 632 g/mol. The second-order valence-corrected chi connectivity index (χ2v) is 12.8. The predicted octanol–water partition coefficient (Wildman–Crippen LogP) is 8.41. The quantitative estimate of drug-likeness (QED) is 0.120. The van der Waals surface area contributed by atoms with E-state index in [9.17, 15) is 13.2 Å². The molecule has 0 radical (unpaired) electrons. The Morgan fingerprint density at radius 3 is 2.23 bits per heavy atom. The Kier molecular flexibility index (Phi) is 14.2. The summed E-state index contributed by atoms with van der Waals surface area (Å²) in [7, 11) is -2.20. The summed E-state index contributed by atoms with van der Waals surface area (Å²) in [5.41, 5.74) is 8.44. The van der Waals surface area contributed by atoms with E-state index < -0.39 is 10.0 Å². The molecule has 5 aromatic rings. The van der Waals surface area contributed by atoms with Crippen molar-refractivity contribution in [3.8, 4) is 11.3 Å². The van der Waals surface area contributed by atoms with Crippen molar-refractivity contribution in [2.75, 3.05) is 18.1 Å². The largest absolute Gasteiger partial charge is 0.399 e. The molecule has 47 heavy (non-hydrogen) atoms. The maximum absolute atomic E-state index is 13.4. The van der Waals surface area contributed by atoms with Crippen LogP contribution in [-0.4, -0.2) is 41.4 Å². The highest BCUT2D eigenvalue weighted by Crippen LogP contribution is 2.35. The SMILES string of the molecule is CC.CCCCC(CCC)Nc1ncc(Cl)c(-c2cn(S(=O)(=O)c3ccccc3)c3ccccc23)n1.CNC(=O)c1ccc(N)cc1. The number of halogens is 1. The molecule has 1 unspecified atom stereocenters. The molecule has 0 aliphatic heterocycles. The fourth-order valence-corrected chi connectivity index (χ4v) is 6.50. The van der Waals surface area contributed by atoms with Crippen LogP contribution in [0.2, 0.25) is 5.02 Å². The summed E-state index contributed by atoms with van der Waals surface area (Å²) in [4.78, 5) is 20.3. The van der Waals surface area contributed by atoms with Gasteiger partial charge in [-0.3, -0.25) is 4.79 Å². The van der Waals surface area contributed by atoms with E-state index >= 15 is 0 Å². The standard InChI is InChI=1S/C26H29ClN4O2S.C8H10N2O.C2H6/c1-3-5-12-19(11-4-2)29-26-28-17-23(27)25(30-26)22-18-31(24-16-10-9-15-21(22)24)34(32,33)20-13-7-6-8-14-20;1-10-8(11)6-2-4-7(9)5-3-6;1-2/h6-10,13-19H,3-5,11-12H2,1-2H3,(H,28,29,30);2-5H,9H2,1H3,(H,10,11);1-2H3. The molecule has 2 aromatic heterocycles. The number of amides is 1. The second kappa shape index (κ2) is 18.1. The molecular formula is C36H45ClN6O3S. The zero-order valence-corrected chi connectivity index (χ0v) is 29.3. The maximum atomic E-state index is 13.4. The molecule has 0 fully saturated rings. The lowest BCUT2D eigenvalue weighted by molar-refractivity contribution is 0.0963. The highest BCUT2D eigenvalue weighted by molar-refractivity contribution is 7.90. The first kappa shape index (κ1) is 37.1. The van der Waals surface area contributed by atoms with Crippen LogP contribution in [0.25, 0.3) is 22.2 Å². The molecule has 0 aliphatic rings. The molecule has 0 spiro atoms. The number of anilines is 2. The lowest BCUT2D eigenvalue weighted by atomic mass is 10.1. The molecule has 2 heterocycles. The molecule has 4 N–H and O–H groups in total. The van der Waals surface area contributed by atoms with Crippen LogP contribution in [0.5, 0.6) is 0 Å². The number of aromatic nitrogens is 3. The Morgan fingerprint density at radius 2 is 1.60 bits per heavy atom.